The Morgan fingerprint density at radius 1 is 0.491 bits per heavy atom. The van der Waals surface area contributed by atoms with Crippen LogP contribution in [0.15, 0.2) is 60.7 Å². The number of hydrogen-bond acceptors (Lipinski definition) is 14. The fraction of sp³-hybridized carbons (Fsp3) is 0.619. The van der Waals surface area contributed by atoms with Gasteiger partial charge in [-0.25, -0.2) is 9.59 Å². The lowest BCUT2D eigenvalue weighted by atomic mass is 9.98. The van der Waals surface area contributed by atoms with E-state index in [0.717, 1.165) is 0 Å². The van der Waals surface area contributed by atoms with Gasteiger partial charge in [-0.15, -0.1) is 0 Å². The zero-order chi connectivity index (χ0) is 40.4. The molecule has 0 radical (unpaired) electrons. The van der Waals surface area contributed by atoms with Crippen LogP contribution < -0.4 is 5.32 Å². The predicted octanol–water partition coefficient (Wildman–Crippen LogP) is 4.20. The summed E-state index contributed by atoms with van der Waals surface area (Å²) in [4.78, 5) is 23.5. The molecule has 57 heavy (non-hydrogen) atoms. The van der Waals surface area contributed by atoms with Crippen LogP contribution in [-0.2, 0) is 61.6 Å². The minimum atomic E-state index is -0.419. The van der Waals surface area contributed by atoms with Crippen LogP contribution in [0.5, 0.6) is 0 Å². The zero-order valence-corrected chi connectivity index (χ0v) is 33.6. The maximum absolute atomic E-state index is 12.3. The van der Waals surface area contributed by atoms with Crippen LogP contribution in [0.1, 0.15) is 30.4 Å². The van der Waals surface area contributed by atoms with E-state index in [1.165, 1.54) is 22.3 Å². The molecule has 0 unspecified atom stereocenters. The van der Waals surface area contributed by atoms with Crippen LogP contribution in [0.2, 0.25) is 0 Å². The SMILES string of the molecule is C=C(C)C(=O)OCCOCCOCCOCCOCCOCCOCCOCCOCCOCCOCCCNC(=O)OCC1c2ccccc2-c2ccccc21. The van der Waals surface area contributed by atoms with Crippen molar-refractivity contribution in [2.24, 2.45) is 0 Å². The Hall–Kier alpha value is -3.48. The van der Waals surface area contributed by atoms with Crippen LogP contribution >= 0.6 is 0 Å². The smallest absolute Gasteiger partial charge is 0.407 e. The van der Waals surface area contributed by atoms with Gasteiger partial charge in [-0.3, -0.25) is 0 Å². The molecule has 2 aromatic rings. The highest BCUT2D eigenvalue weighted by atomic mass is 16.6. The average Bonchev–Trinajstić information content (AvgIpc) is 3.54. The molecule has 0 spiro atoms. The summed E-state index contributed by atoms with van der Waals surface area (Å²) in [5, 5.41) is 2.80. The number of fused-ring (bicyclic) bond motifs is 3. The van der Waals surface area contributed by atoms with Crippen molar-refractivity contribution in [3.05, 3.63) is 71.8 Å². The third kappa shape index (κ3) is 22.3. The van der Waals surface area contributed by atoms with E-state index in [9.17, 15) is 9.59 Å². The van der Waals surface area contributed by atoms with E-state index in [1.54, 1.807) is 6.92 Å². The first-order valence-electron chi connectivity index (χ1n) is 19.8. The minimum Gasteiger partial charge on any atom is -0.460 e. The summed E-state index contributed by atoms with van der Waals surface area (Å²) in [6.45, 7) is 15.4. The third-order valence-corrected chi connectivity index (χ3v) is 8.24. The topological polar surface area (TPSA) is 157 Å². The largest absolute Gasteiger partial charge is 0.460 e. The lowest BCUT2D eigenvalue weighted by Crippen LogP contribution is -2.27. The minimum absolute atomic E-state index is 0.0455. The van der Waals surface area contributed by atoms with Crippen molar-refractivity contribution in [2.75, 3.05) is 152 Å². The van der Waals surface area contributed by atoms with E-state index in [1.807, 2.05) is 24.3 Å². The molecule has 1 aliphatic carbocycles. The van der Waals surface area contributed by atoms with Gasteiger partial charge in [0.05, 0.1) is 126 Å². The Morgan fingerprint density at radius 3 is 1.19 bits per heavy atom. The summed E-state index contributed by atoms with van der Waals surface area (Å²) in [6.07, 6.45) is 0.260. The van der Waals surface area contributed by atoms with E-state index in [0.29, 0.717) is 157 Å². The molecule has 0 saturated heterocycles. The molecule has 0 heterocycles. The van der Waals surface area contributed by atoms with Gasteiger partial charge in [-0.1, -0.05) is 55.1 Å². The number of carbonyl (C=O) groups is 2. The van der Waals surface area contributed by atoms with Gasteiger partial charge in [0.15, 0.2) is 0 Å². The maximum atomic E-state index is 12.3. The molecule has 320 valence electrons. The highest BCUT2D eigenvalue weighted by molar-refractivity contribution is 5.86. The second-order valence-corrected chi connectivity index (χ2v) is 12.6. The second-order valence-electron chi connectivity index (χ2n) is 12.6. The Bertz CT molecular complexity index is 1320. The second kappa shape index (κ2) is 32.5. The van der Waals surface area contributed by atoms with Crippen molar-refractivity contribution < 1.29 is 66.4 Å². The molecule has 3 rings (SSSR count). The number of hydrogen-bond donors (Lipinski definition) is 1. The van der Waals surface area contributed by atoms with Crippen LogP contribution in [0.4, 0.5) is 4.79 Å². The summed E-state index contributed by atoms with van der Waals surface area (Å²) in [5.74, 6) is -0.371. The number of ether oxygens (including phenoxy) is 12. The van der Waals surface area contributed by atoms with Gasteiger partial charge in [0.1, 0.15) is 13.2 Å². The molecule has 1 amide bonds. The number of carbonyl (C=O) groups excluding carboxylic acids is 2. The van der Waals surface area contributed by atoms with Gasteiger partial charge >= 0.3 is 12.1 Å². The Balaban J connectivity index is 0.938. The third-order valence-electron chi connectivity index (χ3n) is 8.24. The highest BCUT2D eigenvalue weighted by Gasteiger charge is 2.29. The molecule has 0 bridgehead atoms. The molecular weight excluding hydrogens is 742 g/mol. The van der Waals surface area contributed by atoms with Crippen LogP contribution in [-0.4, -0.2) is 164 Å². The summed E-state index contributed by atoms with van der Waals surface area (Å²) in [7, 11) is 0. The molecule has 15 heteroatoms. The molecule has 0 aliphatic heterocycles. The van der Waals surface area contributed by atoms with Crippen molar-refractivity contribution >= 4 is 12.1 Å². The van der Waals surface area contributed by atoms with Crippen LogP contribution in [0.25, 0.3) is 11.1 Å². The zero-order valence-electron chi connectivity index (χ0n) is 33.6. The molecule has 0 atom stereocenters. The van der Waals surface area contributed by atoms with E-state index >= 15 is 0 Å². The Kier molecular flexibility index (Phi) is 27.3. The number of esters is 1. The fourth-order valence-electron chi connectivity index (χ4n) is 5.41. The van der Waals surface area contributed by atoms with E-state index in [2.05, 4.69) is 36.2 Å². The van der Waals surface area contributed by atoms with Crippen molar-refractivity contribution in [2.45, 2.75) is 19.3 Å². The van der Waals surface area contributed by atoms with Gasteiger partial charge in [0, 0.05) is 24.6 Å². The quantitative estimate of drug-likeness (QED) is 0.0589. The van der Waals surface area contributed by atoms with Gasteiger partial charge < -0.3 is 62.2 Å². The molecular formula is C42H63NO14. The number of alkyl carbamates (subject to hydrolysis) is 1. The van der Waals surface area contributed by atoms with Gasteiger partial charge in [-0.05, 0) is 35.6 Å². The van der Waals surface area contributed by atoms with Crippen LogP contribution in [0, 0.1) is 0 Å². The molecule has 1 aliphatic rings. The number of rotatable bonds is 37. The van der Waals surface area contributed by atoms with Crippen molar-refractivity contribution in [3.63, 3.8) is 0 Å². The summed E-state index contributed by atoms with van der Waals surface area (Å²) >= 11 is 0. The normalized spacial score (nSPS) is 12.0. The van der Waals surface area contributed by atoms with Gasteiger partial charge in [0.25, 0.3) is 0 Å². The van der Waals surface area contributed by atoms with Gasteiger partial charge in [-0.2, -0.15) is 0 Å². The highest BCUT2D eigenvalue weighted by Crippen LogP contribution is 2.44. The standard InChI is InChI=1S/C42H63NO14/c1-35(2)41(44)56-33-32-55-31-30-54-29-28-53-27-26-52-25-24-51-23-22-50-21-20-49-19-18-48-17-16-47-15-14-46-13-7-12-43-42(45)57-34-40-38-10-5-3-8-36(38)37-9-4-6-11-39(37)40/h3-6,8-11,40H,1,7,12-34H2,2H3,(H,43,45). The van der Waals surface area contributed by atoms with Crippen LogP contribution in [0.3, 0.4) is 0 Å². The van der Waals surface area contributed by atoms with Crippen molar-refractivity contribution in [1.82, 2.24) is 5.32 Å². The van der Waals surface area contributed by atoms with Gasteiger partial charge in [0.2, 0.25) is 0 Å². The Morgan fingerprint density at radius 2 is 0.825 bits per heavy atom. The fourth-order valence-corrected chi connectivity index (χ4v) is 5.41. The molecule has 0 saturated carbocycles. The molecule has 15 nitrogen and oxygen atoms in total. The Labute approximate surface area is 337 Å². The first-order valence-corrected chi connectivity index (χ1v) is 19.8. The first-order chi connectivity index (χ1) is 28.1. The molecule has 2 aromatic carbocycles. The molecule has 0 fully saturated rings. The van der Waals surface area contributed by atoms with Crippen molar-refractivity contribution in [1.29, 1.82) is 0 Å². The van der Waals surface area contributed by atoms with Crippen molar-refractivity contribution in [3.8, 4) is 11.1 Å². The number of nitrogens with one attached hydrogen (secondary N) is 1. The number of benzene rings is 2. The lowest BCUT2D eigenvalue weighted by Gasteiger charge is -2.14. The number of amides is 1. The average molecular weight is 806 g/mol. The summed E-state index contributed by atoms with van der Waals surface area (Å²) in [6, 6.07) is 16.5. The predicted molar refractivity (Wildman–Crippen MR) is 212 cm³/mol. The summed E-state index contributed by atoms with van der Waals surface area (Å²) in [5.41, 5.74) is 5.16. The molecule has 0 aromatic heterocycles. The maximum Gasteiger partial charge on any atom is 0.407 e. The molecule has 1 N–H and O–H groups in total. The lowest BCUT2D eigenvalue weighted by molar-refractivity contribution is -0.140. The van der Waals surface area contributed by atoms with E-state index in [4.69, 9.17) is 56.8 Å². The monoisotopic (exact) mass is 805 g/mol. The van der Waals surface area contributed by atoms with E-state index in [-0.39, 0.29) is 12.5 Å². The van der Waals surface area contributed by atoms with E-state index < -0.39 is 12.1 Å². The first kappa shape index (κ1) is 47.9. The summed E-state index contributed by atoms with van der Waals surface area (Å²) < 4.78 is 65.2.